The molecule has 0 aromatic carbocycles. The van der Waals surface area contributed by atoms with Crippen molar-refractivity contribution >= 4 is 5.82 Å². The van der Waals surface area contributed by atoms with Crippen LogP contribution in [0.15, 0.2) is 24.1 Å². The number of nitrogens with one attached hydrogen (secondary N) is 1. The third-order valence-corrected chi connectivity index (χ3v) is 3.40. The van der Waals surface area contributed by atoms with Crippen molar-refractivity contribution in [3.8, 4) is 0 Å². The van der Waals surface area contributed by atoms with Gasteiger partial charge in [-0.3, -0.25) is 0 Å². The number of rotatable bonds is 7. The van der Waals surface area contributed by atoms with Gasteiger partial charge in [-0.1, -0.05) is 32.9 Å². The molecule has 1 aromatic heterocycles. The van der Waals surface area contributed by atoms with Crippen LogP contribution in [0.4, 0.5) is 0 Å². The number of allylic oxidation sites excluding steroid dienone is 2. The number of aromatic nitrogens is 3. The molecule has 1 atom stereocenters. The molecule has 1 N–H and O–H groups in total. The van der Waals surface area contributed by atoms with Gasteiger partial charge in [0.1, 0.15) is 18.0 Å². The molecule has 1 unspecified atom stereocenters. The summed E-state index contributed by atoms with van der Waals surface area (Å²) in [5.74, 6) is 2.50. The normalized spacial score (nSPS) is 14.6. The van der Waals surface area contributed by atoms with E-state index in [-0.39, 0.29) is 0 Å². The predicted molar refractivity (Wildman–Crippen MR) is 80.7 cm³/mol. The second-order valence-electron chi connectivity index (χ2n) is 4.77. The van der Waals surface area contributed by atoms with Crippen molar-refractivity contribution in [1.82, 2.24) is 20.1 Å². The standard InChI is InChI=1S/C15H26N4/c1-6-9-10-16-14(12(4)7-2)19-15(13(5)8-3)17-11-18-19/h6,9,11,13,16H,7-8,10H2,1-5H3/b9-6-,14-12-. The molecule has 0 spiro atoms. The van der Waals surface area contributed by atoms with E-state index < -0.39 is 0 Å². The molecule has 1 heterocycles. The van der Waals surface area contributed by atoms with E-state index >= 15 is 0 Å². The Bertz CT molecular complexity index is 443. The molecular weight excluding hydrogens is 236 g/mol. The fraction of sp³-hybridized carbons (Fsp3) is 0.600. The first-order valence-electron chi connectivity index (χ1n) is 7.10. The van der Waals surface area contributed by atoms with Gasteiger partial charge in [0.2, 0.25) is 0 Å². The van der Waals surface area contributed by atoms with Crippen LogP contribution in [0.25, 0.3) is 5.82 Å². The minimum absolute atomic E-state index is 0.408. The Balaban J connectivity index is 3.08. The van der Waals surface area contributed by atoms with Crippen molar-refractivity contribution < 1.29 is 0 Å². The molecule has 0 aliphatic rings. The highest BCUT2D eigenvalue weighted by molar-refractivity contribution is 5.47. The summed E-state index contributed by atoms with van der Waals surface area (Å²) in [6.07, 6.45) is 7.84. The van der Waals surface area contributed by atoms with Crippen molar-refractivity contribution in [2.24, 2.45) is 0 Å². The van der Waals surface area contributed by atoms with E-state index in [1.165, 1.54) is 5.57 Å². The third kappa shape index (κ3) is 3.94. The maximum Gasteiger partial charge on any atom is 0.138 e. The van der Waals surface area contributed by atoms with E-state index in [4.69, 9.17) is 0 Å². The van der Waals surface area contributed by atoms with Crippen LogP contribution < -0.4 is 5.32 Å². The fourth-order valence-electron chi connectivity index (χ4n) is 1.79. The summed E-state index contributed by atoms with van der Waals surface area (Å²) in [7, 11) is 0. The molecule has 0 radical (unpaired) electrons. The lowest BCUT2D eigenvalue weighted by atomic mass is 10.1. The van der Waals surface area contributed by atoms with E-state index in [0.29, 0.717) is 5.92 Å². The van der Waals surface area contributed by atoms with Crippen molar-refractivity contribution in [3.05, 3.63) is 29.9 Å². The van der Waals surface area contributed by atoms with Gasteiger partial charge in [-0.15, -0.1) is 0 Å². The summed E-state index contributed by atoms with van der Waals surface area (Å²) >= 11 is 0. The van der Waals surface area contributed by atoms with Crippen LogP contribution in [0, 0.1) is 0 Å². The van der Waals surface area contributed by atoms with Crippen LogP contribution in [-0.4, -0.2) is 21.3 Å². The zero-order valence-electron chi connectivity index (χ0n) is 12.8. The highest BCUT2D eigenvalue weighted by Crippen LogP contribution is 2.20. The van der Waals surface area contributed by atoms with Gasteiger partial charge in [-0.05, 0) is 32.3 Å². The van der Waals surface area contributed by atoms with E-state index in [9.17, 15) is 0 Å². The highest BCUT2D eigenvalue weighted by atomic mass is 15.4. The summed E-state index contributed by atoms with van der Waals surface area (Å²) in [4.78, 5) is 4.41. The number of hydrogen-bond donors (Lipinski definition) is 1. The lowest BCUT2D eigenvalue weighted by Gasteiger charge is -2.17. The Morgan fingerprint density at radius 1 is 1.47 bits per heavy atom. The zero-order chi connectivity index (χ0) is 14.3. The third-order valence-electron chi connectivity index (χ3n) is 3.40. The van der Waals surface area contributed by atoms with Gasteiger partial charge in [0, 0.05) is 12.5 Å². The van der Waals surface area contributed by atoms with Crippen LogP contribution in [0.2, 0.25) is 0 Å². The summed E-state index contributed by atoms with van der Waals surface area (Å²) in [5.41, 5.74) is 1.29. The molecule has 0 aliphatic heterocycles. The Morgan fingerprint density at radius 2 is 2.21 bits per heavy atom. The maximum absolute atomic E-state index is 4.41. The Kier molecular flexibility index (Phi) is 6.33. The monoisotopic (exact) mass is 262 g/mol. The highest BCUT2D eigenvalue weighted by Gasteiger charge is 2.15. The Morgan fingerprint density at radius 3 is 2.79 bits per heavy atom. The molecule has 19 heavy (non-hydrogen) atoms. The molecule has 0 aliphatic carbocycles. The molecule has 1 aromatic rings. The lowest BCUT2D eigenvalue weighted by Crippen LogP contribution is -2.22. The number of nitrogens with zero attached hydrogens (tertiary/aromatic N) is 3. The molecule has 0 saturated carbocycles. The second-order valence-corrected chi connectivity index (χ2v) is 4.77. The predicted octanol–water partition coefficient (Wildman–Crippen LogP) is 3.56. The number of hydrogen-bond acceptors (Lipinski definition) is 3. The van der Waals surface area contributed by atoms with E-state index in [0.717, 1.165) is 31.0 Å². The van der Waals surface area contributed by atoms with Gasteiger partial charge < -0.3 is 5.32 Å². The SMILES string of the molecule is C/C=C\CN/C(=C(\C)CC)n1ncnc1C(C)CC. The summed E-state index contributed by atoms with van der Waals surface area (Å²) in [6, 6.07) is 0. The quantitative estimate of drug-likeness (QED) is 0.764. The average molecular weight is 262 g/mol. The molecule has 1 rings (SSSR count). The molecule has 0 fully saturated rings. The largest absolute Gasteiger partial charge is 0.367 e. The van der Waals surface area contributed by atoms with E-state index in [2.05, 4.69) is 49.2 Å². The van der Waals surface area contributed by atoms with Crippen molar-refractivity contribution in [1.29, 1.82) is 0 Å². The van der Waals surface area contributed by atoms with Gasteiger partial charge in [-0.25, -0.2) is 9.67 Å². The Labute approximate surface area is 116 Å². The molecular formula is C15H26N4. The summed E-state index contributed by atoms with van der Waals surface area (Å²) in [5, 5.41) is 7.84. The first-order chi connectivity index (χ1) is 9.15. The van der Waals surface area contributed by atoms with Crippen LogP contribution >= 0.6 is 0 Å². The Hall–Kier alpha value is -1.58. The van der Waals surface area contributed by atoms with Gasteiger partial charge >= 0.3 is 0 Å². The minimum Gasteiger partial charge on any atom is -0.367 e. The molecule has 0 bridgehead atoms. The summed E-state index contributed by atoms with van der Waals surface area (Å²) in [6.45, 7) is 11.5. The van der Waals surface area contributed by atoms with Crippen molar-refractivity contribution in [3.63, 3.8) is 0 Å². The second kappa shape index (κ2) is 7.77. The van der Waals surface area contributed by atoms with Crippen LogP contribution in [0.3, 0.4) is 0 Å². The first-order valence-corrected chi connectivity index (χ1v) is 7.10. The topological polar surface area (TPSA) is 42.7 Å². The zero-order valence-corrected chi connectivity index (χ0v) is 12.8. The van der Waals surface area contributed by atoms with Crippen molar-refractivity contribution in [2.45, 2.75) is 53.4 Å². The molecule has 4 heteroatoms. The minimum atomic E-state index is 0.408. The molecule has 0 amide bonds. The lowest BCUT2D eigenvalue weighted by molar-refractivity contribution is 0.636. The van der Waals surface area contributed by atoms with Crippen LogP contribution in [-0.2, 0) is 0 Å². The molecule has 0 saturated heterocycles. The molecule has 106 valence electrons. The maximum atomic E-state index is 4.41. The van der Waals surface area contributed by atoms with Crippen molar-refractivity contribution in [2.75, 3.05) is 6.54 Å². The summed E-state index contributed by atoms with van der Waals surface area (Å²) < 4.78 is 1.95. The van der Waals surface area contributed by atoms with Gasteiger partial charge in [0.25, 0.3) is 0 Å². The smallest absolute Gasteiger partial charge is 0.138 e. The van der Waals surface area contributed by atoms with Gasteiger partial charge in [-0.2, -0.15) is 5.10 Å². The van der Waals surface area contributed by atoms with Gasteiger partial charge in [0.15, 0.2) is 0 Å². The molecule has 4 nitrogen and oxygen atoms in total. The van der Waals surface area contributed by atoms with Gasteiger partial charge in [0.05, 0.1) is 0 Å². The van der Waals surface area contributed by atoms with Crippen LogP contribution in [0.5, 0.6) is 0 Å². The van der Waals surface area contributed by atoms with E-state index in [1.54, 1.807) is 6.33 Å². The van der Waals surface area contributed by atoms with E-state index in [1.807, 2.05) is 17.7 Å². The average Bonchev–Trinajstić information content (AvgIpc) is 2.91. The first kappa shape index (κ1) is 15.5. The fourth-order valence-corrected chi connectivity index (χ4v) is 1.79. The van der Waals surface area contributed by atoms with Crippen LogP contribution in [0.1, 0.15) is 59.2 Å².